The third-order valence-corrected chi connectivity index (χ3v) is 2.94. The number of hydrogen-bond acceptors (Lipinski definition) is 1. The Morgan fingerprint density at radius 1 is 1.47 bits per heavy atom. The van der Waals surface area contributed by atoms with E-state index in [-0.39, 0.29) is 0 Å². The molecule has 1 fully saturated rings. The molecule has 0 aromatic carbocycles. The fourth-order valence-corrected chi connectivity index (χ4v) is 2.03. The summed E-state index contributed by atoms with van der Waals surface area (Å²) < 4.78 is 0. The Labute approximate surface area is 93.5 Å². The van der Waals surface area contributed by atoms with E-state index in [1.54, 1.807) is 0 Å². The molecule has 88 valence electrons. The lowest BCUT2D eigenvalue weighted by atomic mass is 9.94. The lowest BCUT2D eigenvalue weighted by molar-refractivity contribution is 0.398. The summed E-state index contributed by atoms with van der Waals surface area (Å²) in [6.07, 6.45) is 5.04. The zero-order valence-electron chi connectivity index (χ0n) is 10.3. The summed E-state index contributed by atoms with van der Waals surface area (Å²) in [5.41, 5.74) is 6.26. The van der Waals surface area contributed by atoms with Crippen molar-refractivity contribution in [2.45, 2.75) is 46.5 Å². The van der Waals surface area contributed by atoms with Crippen molar-refractivity contribution in [3.05, 3.63) is 0 Å². The molecule has 0 saturated heterocycles. The molecule has 0 aromatic rings. The van der Waals surface area contributed by atoms with Crippen LogP contribution < -0.4 is 11.1 Å². The van der Waals surface area contributed by atoms with Gasteiger partial charge in [0.05, 0.1) is 0 Å². The monoisotopic (exact) mass is 211 g/mol. The van der Waals surface area contributed by atoms with Crippen molar-refractivity contribution in [1.29, 1.82) is 0 Å². The molecule has 1 aliphatic rings. The molecule has 1 rings (SSSR count). The van der Waals surface area contributed by atoms with Crippen molar-refractivity contribution in [2.75, 3.05) is 13.1 Å². The molecule has 1 aliphatic carbocycles. The van der Waals surface area contributed by atoms with E-state index in [1.165, 1.54) is 19.3 Å². The van der Waals surface area contributed by atoms with Crippen LogP contribution in [0.15, 0.2) is 4.99 Å². The largest absolute Gasteiger partial charge is 0.370 e. The molecule has 0 heterocycles. The summed E-state index contributed by atoms with van der Waals surface area (Å²) in [5.74, 6) is 1.39. The molecule has 0 amide bonds. The molecule has 0 unspecified atom stereocenters. The fraction of sp³-hybridized carbons (Fsp3) is 0.917. The van der Waals surface area contributed by atoms with Crippen molar-refractivity contribution >= 4 is 5.96 Å². The van der Waals surface area contributed by atoms with Crippen molar-refractivity contribution in [3.8, 4) is 0 Å². The minimum absolute atomic E-state index is 0.493. The SMILES string of the molecule is CCCNC(N)=NCC1(CC(C)C)CC1. The molecule has 3 N–H and O–H groups in total. The maximum absolute atomic E-state index is 5.76. The lowest BCUT2D eigenvalue weighted by Gasteiger charge is -2.15. The first-order valence-electron chi connectivity index (χ1n) is 6.12. The zero-order chi connectivity index (χ0) is 11.3. The topological polar surface area (TPSA) is 50.4 Å². The normalized spacial score (nSPS) is 19.3. The molecule has 0 aromatic heterocycles. The number of hydrogen-bond donors (Lipinski definition) is 2. The average Bonchev–Trinajstić information content (AvgIpc) is 2.91. The van der Waals surface area contributed by atoms with Crippen molar-refractivity contribution < 1.29 is 0 Å². The molecular formula is C12H25N3. The highest BCUT2D eigenvalue weighted by atomic mass is 15.1. The van der Waals surface area contributed by atoms with E-state index < -0.39 is 0 Å². The van der Waals surface area contributed by atoms with Gasteiger partial charge in [-0.25, -0.2) is 0 Å². The maximum atomic E-state index is 5.76. The predicted octanol–water partition coefficient (Wildman–Crippen LogP) is 2.13. The Kier molecular flexibility index (Phi) is 4.43. The van der Waals surface area contributed by atoms with Gasteiger partial charge in [-0.2, -0.15) is 0 Å². The minimum atomic E-state index is 0.493. The van der Waals surface area contributed by atoms with Gasteiger partial charge in [-0.15, -0.1) is 0 Å². The first kappa shape index (κ1) is 12.3. The Hall–Kier alpha value is -0.730. The van der Waals surface area contributed by atoms with Gasteiger partial charge in [0.25, 0.3) is 0 Å². The summed E-state index contributed by atoms with van der Waals surface area (Å²) in [6.45, 7) is 8.52. The van der Waals surface area contributed by atoms with Crippen LogP contribution in [0.25, 0.3) is 0 Å². The van der Waals surface area contributed by atoms with Gasteiger partial charge in [0.1, 0.15) is 0 Å². The van der Waals surface area contributed by atoms with E-state index in [9.17, 15) is 0 Å². The standard InChI is InChI=1S/C12H25N3/c1-4-7-14-11(13)15-9-12(5-6-12)8-10(2)3/h10H,4-9H2,1-3H3,(H3,13,14,15). The number of guanidine groups is 1. The predicted molar refractivity (Wildman–Crippen MR) is 65.9 cm³/mol. The second-order valence-electron chi connectivity index (χ2n) is 5.23. The molecule has 0 aliphatic heterocycles. The minimum Gasteiger partial charge on any atom is -0.370 e. The quantitative estimate of drug-likeness (QED) is 0.522. The molecule has 1 saturated carbocycles. The van der Waals surface area contributed by atoms with E-state index in [0.717, 1.165) is 25.4 Å². The van der Waals surface area contributed by atoms with Gasteiger partial charge >= 0.3 is 0 Å². The molecule has 0 spiro atoms. The summed E-state index contributed by atoms with van der Waals surface area (Å²) in [7, 11) is 0. The Morgan fingerprint density at radius 2 is 2.13 bits per heavy atom. The Morgan fingerprint density at radius 3 is 2.60 bits per heavy atom. The van der Waals surface area contributed by atoms with E-state index >= 15 is 0 Å². The van der Waals surface area contributed by atoms with Crippen LogP contribution in [-0.2, 0) is 0 Å². The van der Waals surface area contributed by atoms with Gasteiger partial charge in [-0.05, 0) is 37.0 Å². The van der Waals surface area contributed by atoms with Crippen LogP contribution in [-0.4, -0.2) is 19.0 Å². The third kappa shape index (κ3) is 4.54. The second-order valence-corrected chi connectivity index (χ2v) is 5.23. The van der Waals surface area contributed by atoms with Gasteiger partial charge < -0.3 is 11.1 Å². The number of aliphatic imine (C=N–C) groups is 1. The smallest absolute Gasteiger partial charge is 0.188 e. The van der Waals surface area contributed by atoms with Crippen LogP contribution in [0.3, 0.4) is 0 Å². The highest BCUT2D eigenvalue weighted by Gasteiger charge is 2.42. The van der Waals surface area contributed by atoms with E-state index in [2.05, 4.69) is 31.1 Å². The van der Waals surface area contributed by atoms with Crippen LogP contribution in [0, 0.1) is 11.3 Å². The van der Waals surface area contributed by atoms with Crippen molar-refractivity contribution in [2.24, 2.45) is 22.1 Å². The average molecular weight is 211 g/mol. The summed E-state index contributed by atoms with van der Waals surface area (Å²) in [6, 6.07) is 0. The number of nitrogens with two attached hydrogens (primary N) is 1. The van der Waals surface area contributed by atoms with Gasteiger partial charge in [0.2, 0.25) is 0 Å². The van der Waals surface area contributed by atoms with Crippen molar-refractivity contribution in [3.63, 3.8) is 0 Å². The second kappa shape index (κ2) is 5.38. The Balaban J connectivity index is 2.28. The Bertz CT molecular complexity index is 217. The molecule has 15 heavy (non-hydrogen) atoms. The highest BCUT2D eigenvalue weighted by molar-refractivity contribution is 5.77. The van der Waals surface area contributed by atoms with Gasteiger partial charge in [0.15, 0.2) is 5.96 Å². The molecule has 0 atom stereocenters. The third-order valence-electron chi connectivity index (χ3n) is 2.94. The van der Waals surface area contributed by atoms with Gasteiger partial charge in [-0.3, -0.25) is 4.99 Å². The number of rotatable bonds is 6. The summed E-state index contributed by atoms with van der Waals surface area (Å²) in [5, 5.41) is 3.11. The van der Waals surface area contributed by atoms with E-state index in [1.807, 2.05) is 0 Å². The van der Waals surface area contributed by atoms with E-state index in [0.29, 0.717) is 11.4 Å². The van der Waals surface area contributed by atoms with Gasteiger partial charge in [0, 0.05) is 13.1 Å². The van der Waals surface area contributed by atoms with Crippen LogP contribution in [0.1, 0.15) is 46.5 Å². The molecule has 3 nitrogen and oxygen atoms in total. The first-order chi connectivity index (χ1) is 7.08. The van der Waals surface area contributed by atoms with E-state index in [4.69, 9.17) is 5.73 Å². The molecular weight excluding hydrogens is 186 g/mol. The maximum Gasteiger partial charge on any atom is 0.188 e. The number of nitrogens with one attached hydrogen (secondary N) is 1. The van der Waals surface area contributed by atoms with Gasteiger partial charge in [-0.1, -0.05) is 20.8 Å². The van der Waals surface area contributed by atoms with Crippen LogP contribution >= 0.6 is 0 Å². The van der Waals surface area contributed by atoms with Crippen LogP contribution in [0.5, 0.6) is 0 Å². The summed E-state index contributed by atoms with van der Waals surface area (Å²) in [4.78, 5) is 4.43. The highest BCUT2D eigenvalue weighted by Crippen LogP contribution is 2.50. The van der Waals surface area contributed by atoms with Crippen molar-refractivity contribution in [1.82, 2.24) is 5.32 Å². The van der Waals surface area contributed by atoms with Crippen LogP contribution in [0.4, 0.5) is 0 Å². The number of nitrogens with zero attached hydrogens (tertiary/aromatic N) is 1. The molecule has 3 heteroatoms. The molecule has 0 radical (unpaired) electrons. The van der Waals surface area contributed by atoms with Crippen LogP contribution in [0.2, 0.25) is 0 Å². The molecule has 0 bridgehead atoms. The first-order valence-corrected chi connectivity index (χ1v) is 6.12. The summed E-state index contributed by atoms with van der Waals surface area (Å²) >= 11 is 0. The zero-order valence-corrected chi connectivity index (χ0v) is 10.3. The lowest BCUT2D eigenvalue weighted by Crippen LogP contribution is -2.33. The fourth-order valence-electron chi connectivity index (χ4n) is 2.03.